The van der Waals surface area contributed by atoms with Crippen LogP contribution in [0.1, 0.15) is 12.7 Å². The fraction of sp³-hybridized carbons (Fsp3) is 0.150. The number of aromatic nitrogens is 5. The van der Waals surface area contributed by atoms with Gasteiger partial charge in [0.05, 0.1) is 11.3 Å². The highest BCUT2D eigenvalue weighted by molar-refractivity contribution is 7.98. The maximum Gasteiger partial charge on any atom is 0.232 e. The zero-order valence-electron chi connectivity index (χ0n) is 16.1. The van der Waals surface area contributed by atoms with Gasteiger partial charge in [-0.2, -0.15) is 15.0 Å². The Hall–Kier alpha value is -3.53. The lowest BCUT2D eigenvalue weighted by molar-refractivity contribution is 0.628. The lowest BCUT2D eigenvalue weighted by Crippen LogP contribution is -2.07. The SMILES string of the molecule is CCNc1nc(SCc2nc(N)nc(Nc3ccc(F)cc3)n2)nc2ccccc12. The number of halogens is 1. The van der Waals surface area contributed by atoms with E-state index in [0.29, 0.717) is 22.4 Å². The Morgan fingerprint density at radius 3 is 2.57 bits per heavy atom. The van der Waals surface area contributed by atoms with Gasteiger partial charge in [-0.25, -0.2) is 14.4 Å². The number of hydrogen-bond donors (Lipinski definition) is 3. The summed E-state index contributed by atoms with van der Waals surface area (Å²) in [5, 5.41) is 7.86. The molecule has 0 fully saturated rings. The Labute approximate surface area is 176 Å². The number of fused-ring (bicyclic) bond motifs is 1. The number of para-hydroxylation sites is 1. The van der Waals surface area contributed by atoms with Crippen LogP contribution >= 0.6 is 11.8 Å². The van der Waals surface area contributed by atoms with E-state index in [4.69, 9.17) is 5.73 Å². The Morgan fingerprint density at radius 2 is 1.77 bits per heavy atom. The monoisotopic (exact) mass is 422 g/mol. The Kier molecular flexibility index (Phi) is 5.84. The Morgan fingerprint density at radius 1 is 0.967 bits per heavy atom. The molecule has 2 heterocycles. The largest absolute Gasteiger partial charge is 0.370 e. The lowest BCUT2D eigenvalue weighted by Gasteiger charge is -2.09. The minimum absolute atomic E-state index is 0.0954. The molecule has 2 aromatic heterocycles. The van der Waals surface area contributed by atoms with Crippen LogP contribution in [-0.2, 0) is 5.75 Å². The fourth-order valence-corrected chi connectivity index (χ4v) is 3.48. The summed E-state index contributed by atoms with van der Waals surface area (Å²) < 4.78 is 13.1. The van der Waals surface area contributed by atoms with Gasteiger partial charge < -0.3 is 16.4 Å². The first-order chi connectivity index (χ1) is 14.6. The van der Waals surface area contributed by atoms with Crippen molar-refractivity contribution >= 4 is 46.1 Å². The maximum atomic E-state index is 13.1. The van der Waals surface area contributed by atoms with Crippen LogP contribution in [-0.4, -0.2) is 31.5 Å². The smallest absolute Gasteiger partial charge is 0.232 e. The molecule has 30 heavy (non-hydrogen) atoms. The van der Waals surface area contributed by atoms with Gasteiger partial charge in [0.1, 0.15) is 17.5 Å². The third-order valence-electron chi connectivity index (χ3n) is 4.06. The van der Waals surface area contributed by atoms with Crippen LogP contribution in [0.5, 0.6) is 0 Å². The van der Waals surface area contributed by atoms with E-state index in [1.165, 1.54) is 23.9 Å². The van der Waals surface area contributed by atoms with E-state index in [0.717, 1.165) is 23.3 Å². The number of thioether (sulfide) groups is 1. The summed E-state index contributed by atoms with van der Waals surface area (Å²) in [6.45, 7) is 2.78. The minimum atomic E-state index is -0.319. The van der Waals surface area contributed by atoms with Crippen LogP contribution in [0.3, 0.4) is 0 Å². The van der Waals surface area contributed by atoms with Gasteiger partial charge in [-0.1, -0.05) is 23.9 Å². The molecule has 0 amide bonds. The van der Waals surface area contributed by atoms with Gasteiger partial charge in [0.15, 0.2) is 5.16 Å². The van der Waals surface area contributed by atoms with Crippen LogP contribution in [0.25, 0.3) is 10.9 Å². The zero-order valence-corrected chi connectivity index (χ0v) is 16.9. The summed E-state index contributed by atoms with van der Waals surface area (Å²) in [5.74, 6) is 1.75. The minimum Gasteiger partial charge on any atom is -0.370 e. The molecule has 0 atom stereocenters. The topological polar surface area (TPSA) is 115 Å². The van der Waals surface area contributed by atoms with Crippen LogP contribution in [0.2, 0.25) is 0 Å². The van der Waals surface area contributed by atoms with Crippen LogP contribution in [0, 0.1) is 5.82 Å². The second-order valence-electron chi connectivity index (χ2n) is 6.26. The average molecular weight is 422 g/mol. The van der Waals surface area contributed by atoms with Gasteiger partial charge in [-0.05, 0) is 43.3 Å². The third-order valence-corrected chi connectivity index (χ3v) is 4.90. The molecular formula is C20H19FN8S. The molecule has 8 nitrogen and oxygen atoms in total. The summed E-state index contributed by atoms with van der Waals surface area (Å²) in [5.41, 5.74) is 7.34. The standard InChI is InChI=1S/C20H19FN8S/c1-2-23-17-14-5-3-4-6-15(14)25-20(28-17)30-11-16-26-18(22)29-19(27-16)24-13-9-7-12(21)8-10-13/h3-10H,2,11H2,1H3,(H,23,25,28)(H3,22,24,26,27,29). The number of nitrogens with two attached hydrogens (primary N) is 1. The van der Waals surface area contributed by atoms with E-state index in [1.807, 2.05) is 31.2 Å². The van der Waals surface area contributed by atoms with Gasteiger partial charge in [0, 0.05) is 17.6 Å². The van der Waals surface area contributed by atoms with E-state index in [9.17, 15) is 4.39 Å². The van der Waals surface area contributed by atoms with Crippen molar-refractivity contribution in [2.75, 3.05) is 22.9 Å². The predicted octanol–water partition coefficient (Wildman–Crippen LogP) is 4.00. The van der Waals surface area contributed by atoms with Crippen molar-refractivity contribution in [3.05, 3.63) is 60.2 Å². The second kappa shape index (κ2) is 8.87. The van der Waals surface area contributed by atoms with Crippen LogP contribution in [0.4, 0.5) is 27.8 Å². The summed E-state index contributed by atoms with van der Waals surface area (Å²) >= 11 is 1.41. The first kappa shape index (κ1) is 19.8. The molecule has 4 N–H and O–H groups in total. The molecular weight excluding hydrogens is 403 g/mol. The van der Waals surface area contributed by atoms with E-state index < -0.39 is 0 Å². The second-order valence-corrected chi connectivity index (χ2v) is 7.20. The highest BCUT2D eigenvalue weighted by Crippen LogP contribution is 2.26. The van der Waals surface area contributed by atoms with E-state index in [-0.39, 0.29) is 17.7 Å². The molecule has 0 aliphatic carbocycles. The van der Waals surface area contributed by atoms with Gasteiger partial charge >= 0.3 is 0 Å². The quantitative estimate of drug-likeness (QED) is 0.300. The van der Waals surface area contributed by atoms with Crippen LogP contribution < -0.4 is 16.4 Å². The molecule has 0 aliphatic rings. The molecule has 4 aromatic rings. The van der Waals surface area contributed by atoms with Crippen molar-refractivity contribution in [2.45, 2.75) is 17.8 Å². The first-order valence-electron chi connectivity index (χ1n) is 9.27. The summed E-state index contributed by atoms with van der Waals surface area (Å²) in [6, 6.07) is 13.7. The molecule has 0 saturated carbocycles. The lowest BCUT2D eigenvalue weighted by atomic mass is 10.2. The average Bonchev–Trinajstić information content (AvgIpc) is 2.74. The summed E-state index contributed by atoms with van der Waals surface area (Å²) in [6.07, 6.45) is 0. The number of nitrogens with one attached hydrogen (secondary N) is 2. The van der Waals surface area contributed by atoms with Gasteiger partial charge in [-0.3, -0.25) is 0 Å². The number of anilines is 4. The molecule has 10 heteroatoms. The van der Waals surface area contributed by atoms with E-state index in [1.54, 1.807) is 12.1 Å². The Bertz CT molecular complexity index is 1170. The predicted molar refractivity (Wildman–Crippen MR) is 117 cm³/mol. The van der Waals surface area contributed by atoms with Crippen molar-refractivity contribution in [2.24, 2.45) is 0 Å². The maximum absolute atomic E-state index is 13.1. The zero-order chi connectivity index (χ0) is 20.9. The van der Waals surface area contributed by atoms with Crippen molar-refractivity contribution in [3.8, 4) is 0 Å². The van der Waals surface area contributed by atoms with Crippen molar-refractivity contribution in [3.63, 3.8) is 0 Å². The number of benzene rings is 2. The normalized spacial score (nSPS) is 10.9. The number of nitrogen functional groups attached to an aromatic ring is 1. The van der Waals surface area contributed by atoms with Crippen LogP contribution in [0.15, 0.2) is 53.7 Å². The molecule has 2 aromatic carbocycles. The number of rotatable bonds is 7. The highest BCUT2D eigenvalue weighted by Gasteiger charge is 2.10. The highest BCUT2D eigenvalue weighted by atomic mass is 32.2. The summed E-state index contributed by atoms with van der Waals surface area (Å²) in [4.78, 5) is 21.9. The van der Waals surface area contributed by atoms with Gasteiger partial charge in [0.2, 0.25) is 11.9 Å². The van der Waals surface area contributed by atoms with E-state index >= 15 is 0 Å². The van der Waals surface area contributed by atoms with Gasteiger partial charge in [-0.15, -0.1) is 0 Å². The molecule has 4 rings (SSSR count). The van der Waals surface area contributed by atoms with Crippen molar-refractivity contribution in [1.29, 1.82) is 0 Å². The number of nitrogens with zero attached hydrogens (tertiary/aromatic N) is 5. The molecule has 0 saturated heterocycles. The first-order valence-corrected chi connectivity index (χ1v) is 10.3. The molecule has 0 bridgehead atoms. The van der Waals surface area contributed by atoms with E-state index in [2.05, 4.69) is 35.6 Å². The molecule has 0 aliphatic heterocycles. The molecule has 0 spiro atoms. The third kappa shape index (κ3) is 4.71. The Balaban J connectivity index is 1.53. The van der Waals surface area contributed by atoms with Crippen molar-refractivity contribution in [1.82, 2.24) is 24.9 Å². The summed E-state index contributed by atoms with van der Waals surface area (Å²) in [7, 11) is 0. The molecule has 0 unspecified atom stereocenters. The van der Waals surface area contributed by atoms with Gasteiger partial charge in [0.25, 0.3) is 0 Å². The number of hydrogen-bond acceptors (Lipinski definition) is 9. The molecule has 0 radical (unpaired) electrons. The molecule has 152 valence electrons. The van der Waals surface area contributed by atoms with Crippen molar-refractivity contribution < 1.29 is 4.39 Å². The fourth-order valence-electron chi connectivity index (χ4n) is 2.77.